The predicted octanol–water partition coefficient (Wildman–Crippen LogP) is 4.18. The van der Waals surface area contributed by atoms with Crippen molar-refractivity contribution in [2.45, 2.75) is 73.5 Å². The van der Waals surface area contributed by atoms with Crippen molar-refractivity contribution in [3.63, 3.8) is 0 Å². The zero-order chi connectivity index (χ0) is 77.1. The molecule has 0 aliphatic carbocycles. The molecule has 0 saturated heterocycles. The number of amides is 2. The van der Waals surface area contributed by atoms with E-state index in [1.54, 1.807) is 50.2 Å². The Morgan fingerprint density at radius 2 is 0.490 bits per heavy atom. The van der Waals surface area contributed by atoms with E-state index < -0.39 is 67.1 Å². The molecule has 0 heterocycles. The second-order valence-electron chi connectivity index (χ2n) is 19.9. The molecule has 0 radical (unpaired) electrons. The normalized spacial score (nSPS) is 10.1. The van der Waals surface area contributed by atoms with Crippen LogP contribution in [0.2, 0.25) is 24.2 Å². The molecule has 0 bridgehead atoms. The molecule has 544 valence electrons. The molecule has 28 heteroatoms. The number of hydrogen-bond donors (Lipinski definition) is 0. The zero-order valence-corrected chi connectivity index (χ0v) is 66.7. The SMILES string of the molecule is CC#CC#CC#CC#CC#CC#CC#CC#CC(=O)N(CCC[Si](OC)(OC)OC)CCN(CCC[Si](OC)(OC)OC)C(=O)C#CC#CC#CC#CC#CC#CC#CC#CC.CO[Si](CCCN(CCN(CCC[Si](OC)(OC)OC)S(=O)(=O)c1ccccc1)S(=O)(=O)c1ccccc1)(OC)OC. The smallest absolute Gasteiger partial charge is 0.377 e. The lowest BCUT2D eigenvalue weighted by Crippen LogP contribution is -2.45. The highest BCUT2D eigenvalue weighted by molar-refractivity contribution is 7.89. The summed E-state index contributed by atoms with van der Waals surface area (Å²) in [5.74, 6) is 79.9. The van der Waals surface area contributed by atoms with Crippen LogP contribution in [0.25, 0.3) is 0 Å². The standard InChI is InChI=1S/C50H40N2O8Si2.C26H44N2O10S2Si2/c1-9-11-13-15-17-19-21-23-25-27-29-31-33-35-37-41-49(53)51(43-39-47-61(55-3,56-4)57-5)45-46-52(44-40-48-62(58-6,59-7)60-8)50(54)42-38-36-34-32-30-28-26-24-22-20-18-16-14-12-10-2;1-33-41(34-2,35-3)23-13-19-27(39(29,30)25-15-9-7-10-16-25)21-22-28(20-14-24-42(36-4,37-5)38-6)40(31,32)26-17-11-8-12-18-26/h39-40,43-48H2,1-8H3;7-12,15-18H,13-14,19-24H2,1-6H3. The van der Waals surface area contributed by atoms with Crippen LogP contribution < -0.4 is 0 Å². The van der Waals surface area contributed by atoms with Gasteiger partial charge in [-0.2, -0.15) is 8.61 Å². The summed E-state index contributed by atoms with van der Waals surface area (Å²) in [6.07, 6.45) is 1.65. The van der Waals surface area contributed by atoms with Gasteiger partial charge >= 0.3 is 35.2 Å². The first-order valence-corrected chi connectivity index (χ1v) is 42.0. The lowest BCUT2D eigenvalue weighted by molar-refractivity contribution is -0.129. The summed E-state index contributed by atoms with van der Waals surface area (Å²) in [5.41, 5.74) is 0. The molecule has 22 nitrogen and oxygen atoms in total. The van der Waals surface area contributed by atoms with Gasteiger partial charge in [0.2, 0.25) is 20.0 Å². The molecule has 2 rings (SSSR count). The van der Waals surface area contributed by atoms with Crippen molar-refractivity contribution < 1.29 is 79.5 Å². The third-order valence-corrected chi connectivity index (χ3v) is 29.3. The number of nitrogens with zero attached hydrogens (tertiary/aromatic N) is 4. The van der Waals surface area contributed by atoms with Crippen LogP contribution in [-0.4, -0.2) is 220 Å². The second-order valence-corrected chi connectivity index (χ2v) is 36.1. The van der Waals surface area contributed by atoms with Crippen molar-refractivity contribution in [1.82, 2.24) is 18.4 Å². The van der Waals surface area contributed by atoms with Crippen LogP contribution in [0.5, 0.6) is 0 Å². The molecule has 0 fully saturated rings. The average molecular weight is 1520 g/mol. The lowest BCUT2D eigenvalue weighted by Gasteiger charge is -2.29. The predicted molar refractivity (Wildman–Crippen MR) is 404 cm³/mol. The Labute approximate surface area is 622 Å². The molecule has 104 heavy (non-hydrogen) atoms. The monoisotopic (exact) mass is 1520 g/mol. The highest BCUT2D eigenvalue weighted by Gasteiger charge is 2.41. The van der Waals surface area contributed by atoms with Crippen LogP contribution in [0, 0.1) is 189 Å². The second kappa shape index (κ2) is 55.1. The quantitative estimate of drug-likeness (QED) is 0.0679. The summed E-state index contributed by atoms with van der Waals surface area (Å²) in [7, 11) is -1.65. The van der Waals surface area contributed by atoms with Crippen molar-refractivity contribution in [3.8, 4) is 189 Å². The Balaban J connectivity index is 0.00000112. The minimum atomic E-state index is -3.95. The maximum Gasteiger partial charge on any atom is 0.500 e. The summed E-state index contributed by atoms with van der Waals surface area (Å²) in [4.78, 5) is 30.0. The van der Waals surface area contributed by atoms with Gasteiger partial charge < -0.3 is 62.9 Å². The Morgan fingerprint density at radius 3 is 0.702 bits per heavy atom. The minimum absolute atomic E-state index is 0.0772. The molecule has 2 aromatic rings. The van der Waals surface area contributed by atoms with Crippen molar-refractivity contribution in [2.75, 3.05) is 138 Å². The Morgan fingerprint density at radius 1 is 0.288 bits per heavy atom. The molecule has 0 unspecified atom stereocenters. The summed E-state index contributed by atoms with van der Waals surface area (Å²) in [6, 6.07) is 17.7. The van der Waals surface area contributed by atoms with Gasteiger partial charge in [0, 0.05) is 174 Å². The number of benzene rings is 2. The van der Waals surface area contributed by atoms with E-state index in [0.717, 1.165) is 0 Å². The van der Waals surface area contributed by atoms with Crippen LogP contribution in [0.1, 0.15) is 39.5 Å². The molecule has 0 atom stereocenters. The van der Waals surface area contributed by atoms with Gasteiger partial charge in [0.25, 0.3) is 11.8 Å². The van der Waals surface area contributed by atoms with Crippen LogP contribution in [0.15, 0.2) is 70.5 Å². The number of rotatable bonds is 38. The van der Waals surface area contributed by atoms with E-state index in [9.17, 15) is 26.4 Å². The van der Waals surface area contributed by atoms with Gasteiger partial charge in [-0.05, 0) is 230 Å². The fourth-order valence-corrected chi connectivity index (χ4v) is 18.4. The first-order valence-electron chi connectivity index (χ1n) is 31.4. The highest BCUT2D eigenvalue weighted by Crippen LogP contribution is 2.24. The van der Waals surface area contributed by atoms with Crippen molar-refractivity contribution in [1.29, 1.82) is 0 Å². The molecule has 0 aliphatic rings. The van der Waals surface area contributed by atoms with Crippen LogP contribution in [0.4, 0.5) is 0 Å². The highest BCUT2D eigenvalue weighted by atomic mass is 32.2. The summed E-state index contributed by atoms with van der Waals surface area (Å²) in [6.45, 7) is 4.08. The van der Waals surface area contributed by atoms with E-state index in [1.165, 1.54) is 128 Å². The molecule has 0 spiro atoms. The maximum absolute atomic E-state index is 13.7. The van der Waals surface area contributed by atoms with Gasteiger partial charge in [-0.25, -0.2) is 16.8 Å². The summed E-state index contributed by atoms with van der Waals surface area (Å²) in [5, 5.41) is 0. The molecule has 0 aliphatic heterocycles. The van der Waals surface area contributed by atoms with Crippen LogP contribution in [-0.2, 0) is 82.7 Å². The summed E-state index contributed by atoms with van der Waals surface area (Å²) < 4.78 is 124. The maximum atomic E-state index is 13.7. The van der Waals surface area contributed by atoms with Gasteiger partial charge in [-0.15, -0.1) is 0 Å². The third-order valence-electron chi connectivity index (χ3n) is 14.1. The van der Waals surface area contributed by atoms with E-state index in [-0.39, 0.29) is 62.1 Å². The van der Waals surface area contributed by atoms with Crippen LogP contribution in [0.3, 0.4) is 0 Å². The van der Waals surface area contributed by atoms with E-state index in [0.29, 0.717) is 49.9 Å². The number of hydrogen-bond acceptors (Lipinski definition) is 18. The average Bonchev–Trinajstić information content (AvgIpc) is 0.815. The van der Waals surface area contributed by atoms with E-state index >= 15 is 0 Å². The Bertz CT molecular complexity index is 4140. The van der Waals surface area contributed by atoms with Gasteiger partial charge in [0.1, 0.15) is 0 Å². The van der Waals surface area contributed by atoms with E-state index in [1.807, 2.05) is 0 Å². The molecular weight excluding hydrogens is 1430 g/mol. The Kier molecular flexibility index (Phi) is 49.1. The minimum Gasteiger partial charge on any atom is -0.377 e. The van der Waals surface area contributed by atoms with Crippen LogP contribution >= 0.6 is 0 Å². The fraction of sp³-hybridized carbons (Fsp3) is 0.395. The van der Waals surface area contributed by atoms with E-state index in [4.69, 9.17) is 53.1 Å². The van der Waals surface area contributed by atoms with Gasteiger partial charge in [-0.3, -0.25) is 9.59 Å². The largest absolute Gasteiger partial charge is 0.500 e. The third kappa shape index (κ3) is 36.1. The van der Waals surface area contributed by atoms with Gasteiger partial charge in [0.15, 0.2) is 0 Å². The Hall–Kier alpha value is -9.45. The first-order chi connectivity index (χ1) is 50.2. The molecule has 0 aromatic heterocycles. The van der Waals surface area contributed by atoms with Gasteiger partial charge in [0.05, 0.1) is 9.79 Å². The first kappa shape index (κ1) is 92.6. The van der Waals surface area contributed by atoms with Crippen molar-refractivity contribution in [3.05, 3.63) is 60.7 Å². The van der Waals surface area contributed by atoms with Crippen molar-refractivity contribution in [2.24, 2.45) is 0 Å². The molecular formula is C76H84N4O18S2Si4. The number of carbonyl (C=O) groups is 2. The zero-order valence-electron chi connectivity index (χ0n) is 61.0. The van der Waals surface area contributed by atoms with E-state index in [2.05, 4.69) is 189 Å². The molecule has 0 saturated carbocycles. The van der Waals surface area contributed by atoms with Crippen molar-refractivity contribution >= 4 is 67.1 Å². The lowest BCUT2D eigenvalue weighted by atomic mass is 10.3. The van der Waals surface area contributed by atoms with Gasteiger partial charge in [-0.1, -0.05) is 48.2 Å². The molecule has 2 amide bonds. The number of sulfonamides is 2. The fourth-order valence-electron chi connectivity index (χ4n) is 8.63. The molecule has 0 N–H and O–H groups in total. The summed E-state index contributed by atoms with van der Waals surface area (Å²) >= 11 is 0. The number of carbonyl (C=O) groups excluding carboxylic acids is 2. The topological polar surface area (TPSA) is 226 Å². The molecule has 2 aromatic carbocycles.